The largest absolute Gasteiger partial charge is 0.461 e. The maximum Gasteiger partial charge on any atom is 0.344 e. The maximum absolute atomic E-state index is 11.6. The lowest BCUT2D eigenvalue weighted by Gasteiger charge is -2.02. The Morgan fingerprint density at radius 2 is 1.68 bits per heavy atom. The summed E-state index contributed by atoms with van der Waals surface area (Å²) in [6, 6.07) is 14.9. The summed E-state index contributed by atoms with van der Waals surface area (Å²) in [6.07, 6.45) is 1.47. The van der Waals surface area contributed by atoms with E-state index < -0.39 is 0 Å². The first-order chi connectivity index (χ1) is 9.24. The van der Waals surface area contributed by atoms with Crippen LogP contribution in [0.15, 0.2) is 54.8 Å². The van der Waals surface area contributed by atoms with E-state index in [0.29, 0.717) is 17.1 Å². The van der Waals surface area contributed by atoms with Crippen molar-refractivity contribution in [3.05, 3.63) is 71.5 Å². The van der Waals surface area contributed by atoms with Gasteiger partial charge < -0.3 is 9.47 Å². The predicted octanol–water partition coefficient (Wildman–Crippen LogP) is 3.54. The zero-order valence-electron chi connectivity index (χ0n) is 10.4. The number of aryl methyl sites for hydroxylation is 1. The van der Waals surface area contributed by atoms with Gasteiger partial charge in [-0.1, -0.05) is 35.9 Å². The molecule has 0 N–H and O–H groups in total. The van der Waals surface area contributed by atoms with Crippen LogP contribution in [-0.2, 0) is 4.74 Å². The van der Waals surface area contributed by atoms with Gasteiger partial charge in [-0.3, -0.25) is 0 Å². The quantitative estimate of drug-likeness (QED) is 0.605. The summed E-state index contributed by atoms with van der Waals surface area (Å²) < 4.78 is 10.7. The van der Waals surface area contributed by atoms with E-state index in [1.807, 2.05) is 49.4 Å². The Balaban J connectivity index is 1.86. The summed E-state index contributed by atoms with van der Waals surface area (Å²) in [4.78, 5) is 11.6. The minimum atomic E-state index is -0.339. The molecule has 0 bridgehead atoms. The van der Waals surface area contributed by atoms with E-state index in [-0.39, 0.29) is 5.97 Å². The topological polar surface area (TPSA) is 35.5 Å². The number of benzene rings is 2. The van der Waals surface area contributed by atoms with Gasteiger partial charge in [0.15, 0.2) is 5.76 Å². The molecule has 1 aliphatic rings. The van der Waals surface area contributed by atoms with Gasteiger partial charge in [-0.15, -0.1) is 0 Å². The highest BCUT2D eigenvalue weighted by Crippen LogP contribution is 2.29. The molecule has 0 atom stereocenters. The lowest BCUT2D eigenvalue weighted by Crippen LogP contribution is -1.92. The first-order valence-electron chi connectivity index (χ1n) is 5.99. The van der Waals surface area contributed by atoms with E-state index in [1.54, 1.807) is 6.07 Å². The molecule has 0 aromatic heterocycles. The van der Waals surface area contributed by atoms with Gasteiger partial charge >= 0.3 is 5.97 Å². The molecule has 1 heterocycles. The molecule has 0 saturated carbocycles. The minimum absolute atomic E-state index is 0.339. The monoisotopic (exact) mass is 252 g/mol. The zero-order chi connectivity index (χ0) is 13.2. The number of fused-ring (bicyclic) bond motifs is 1. The second kappa shape index (κ2) is 4.61. The van der Waals surface area contributed by atoms with Crippen LogP contribution in [0, 0.1) is 6.92 Å². The van der Waals surface area contributed by atoms with Gasteiger partial charge in [0.1, 0.15) is 12.0 Å². The van der Waals surface area contributed by atoms with Crippen molar-refractivity contribution in [1.29, 1.82) is 0 Å². The molecule has 94 valence electrons. The average Bonchev–Trinajstić information content (AvgIpc) is 2.76. The fourth-order valence-corrected chi connectivity index (χ4v) is 1.91. The molecule has 0 radical (unpaired) electrons. The first-order valence-corrected chi connectivity index (χ1v) is 5.99. The molecule has 0 unspecified atom stereocenters. The van der Waals surface area contributed by atoms with Crippen LogP contribution in [-0.4, -0.2) is 5.97 Å². The molecule has 2 aromatic rings. The van der Waals surface area contributed by atoms with Crippen molar-refractivity contribution in [2.45, 2.75) is 6.92 Å². The smallest absolute Gasteiger partial charge is 0.344 e. The van der Waals surface area contributed by atoms with Crippen molar-refractivity contribution in [2.75, 3.05) is 0 Å². The van der Waals surface area contributed by atoms with Gasteiger partial charge in [0.25, 0.3) is 0 Å². The number of esters is 1. The third-order valence-electron chi connectivity index (χ3n) is 2.94. The van der Waals surface area contributed by atoms with E-state index in [4.69, 9.17) is 9.47 Å². The van der Waals surface area contributed by atoms with E-state index in [2.05, 4.69) is 0 Å². The Kier molecular flexibility index (Phi) is 2.80. The third-order valence-corrected chi connectivity index (χ3v) is 2.94. The van der Waals surface area contributed by atoms with Crippen molar-refractivity contribution < 1.29 is 14.3 Å². The molecule has 0 fully saturated rings. The summed E-state index contributed by atoms with van der Waals surface area (Å²) >= 11 is 0. The number of rotatable bonds is 2. The SMILES string of the molecule is Cc1ccc(O/C=C2/OC(=O)c3ccccc32)cc1. The maximum atomic E-state index is 11.6. The van der Waals surface area contributed by atoms with E-state index >= 15 is 0 Å². The molecule has 0 spiro atoms. The summed E-state index contributed by atoms with van der Waals surface area (Å²) in [6.45, 7) is 2.01. The summed E-state index contributed by atoms with van der Waals surface area (Å²) in [5.41, 5.74) is 2.50. The predicted molar refractivity (Wildman–Crippen MR) is 71.6 cm³/mol. The molecule has 0 saturated heterocycles. The van der Waals surface area contributed by atoms with Crippen LogP contribution in [0.4, 0.5) is 0 Å². The van der Waals surface area contributed by atoms with Gasteiger partial charge in [-0.2, -0.15) is 0 Å². The number of hydrogen-bond donors (Lipinski definition) is 0. The molecule has 2 aromatic carbocycles. The molecular formula is C16H12O3. The van der Waals surface area contributed by atoms with Crippen molar-refractivity contribution >= 4 is 11.7 Å². The Hall–Kier alpha value is -2.55. The van der Waals surface area contributed by atoms with Gasteiger partial charge in [0, 0.05) is 5.56 Å². The fourth-order valence-electron chi connectivity index (χ4n) is 1.91. The van der Waals surface area contributed by atoms with Crippen molar-refractivity contribution in [3.8, 4) is 5.75 Å². The van der Waals surface area contributed by atoms with Crippen LogP contribution < -0.4 is 4.74 Å². The normalized spacial score (nSPS) is 15.2. The molecular weight excluding hydrogens is 240 g/mol. The van der Waals surface area contributed by atoms with Gasteiger partial charge in [0.2, 0.25) is 0 Å². The number of hydrogen-bond acceptors (Lipinski definition) is 3. The van der Waals surface area contributed by atoms with Crippen LogP contribution in [0.3, 0.4) is 0 Å². The second-order valence-corrected chi connectivity index (χ2v) is 4.35. The number of carbonyl (C=O) groups is 1. The number of carbonyl (C=O) groups excluding carboxylic acids is 1. The highest BCUT2D eigenvalue weighted by molar-refractivity contribution is 6.02. The van der Waals surface area contributed by atoms with Crippen LogP contribution in [0.5, 0.6) is 5.75 Å². The van der Waals surface area contributed by atoms with Gasteiger partial charge in [0.05, 0.1) is 5.56 Å². The van der Waals surface area contributed by atoms with E-state index in [9.17, 15) is 4.79 Å². The van der Waals surface area contributed by atoms with Crippen molar-refractivity contribution in [2.24, 2.45) is 0 Å². The molecule has 19 heavy (non-hydrogen) atoms. The summed E-state index contributed by atoms with van der Waals surface area (Å²) in [5.74, 6) is 0.814. The van der Waals surface area contributed by atoms with Crippen LogP contribution in [0.1, 0.15) is 21.5 Å². The lowest BCUT2D eigenvalue weighted by molar-refractivity contribution is 0.0712. The Bertz CT molecular complexity index is 654. The lowest BCUT2D eigenvalue weighted by atomic mass is 10.1. The Morgan fingerprint density at radius 3 is 2.42 bits per heavy atom. The number of cyclic esters (lactones) is 1. The van der Waals surface area contributed by atoms with Crippen LogP contribution in [0.25, 0.3) is 5.76 Å². The Labute approximate surface area is 111 Å². The van der Waals surface area contributed by atoms with E-state index in [0.717, 1.165) is 11.1 Å². The van der Waals surface area contributed by atoms with Crippen LogP contribution in [0.2, 0.25) is 0 Å². The standard InChI is InChI=1S/C16H12O3/c1-11-6-8-12(9-7-11)18-10-15-13-4-2-3-5-14(13)16(17)19-15/h2-10H,1H3/b15-10+. The first kappa shape index (κ1) is 11.5. The third kappa shape index (κ3) is 2.22. The minimum Gasteiger partial charge on any atom is -0.461 e. The number of ether oxygens (including phenoxy) is 2. The van der Waals surface area contributed by atoms with Crippen molar-refractivity contribution in [1.82, 2.24) is 0 Å². The van der Waals surface area contributed by atoms with Gasteiger partial charge in [-0.25, -0.2) is 4.79 Å². The average molecular weight is 252 g/mol. The highest BCUT2D eigenvalue weighted by atomic mass is 16.6. The zero-order valence-corrected chi connectivity index (χ0v) is 10.4. The Morgan fingerprint density at radius 1 is 1.00 bits per heavy atom. The summed E-state index contributed by atoms with van der Waals surface area (Å²) in [5, 5.41) is 0. The fraction of sp³-hybridized carbons (Fsp3) is 0.0625. The molecule has 3 nitrogen and oxygen atoms in total. The van der Waals surface area contributed by atoms with E-state index in [1.165, 1.54) is 6.26 Å². The molecule has 0 amide bonds. The van der Waals surface area contributed by atoms with Crippen LogP contribution >= 0.6 is 0 Å². The molecule has 0 aliphatic carbocycles. The van der Waals surface area contributed by atoms with Crippen molar-refractivity contribution in [3.63, 3.8) is 0 Å². The second-order valence-electron chi connectivity index (χ2n) is 4.35. The molecule has 3 rings (SSSR count). The van der Waals surface area contributed by atoms with Gasteiger partial charge in [-0.05, 0) is 25.1 Å². The molecule has 1 aliphatic heterocycles. The summed E-state index contributed by atoms with van der Waals surface area (Å²) in [7, 11) is 0. The highest BCUT2D eigenvalue weighted by Gasteiger charge is 2.25. The molecule has 3 heteroatoms.